The number of benzene rings is 2. The maximum Gasteiger partial charge on any atom is 0.128 e. The topological polar surface area (TPSA) is 12.0 Å². The normalized spacial score (nSPS) is 12.3. The molecule has 2 aromatic carbocycles. The molecule has 0 aromatic heterocycles. The van der Waals surface area contributed by atoms with E-state index in [1.807, 2.05) is 19.1 Å². The van der Waals surface area contributed by atoms with E-state index in [-0.39, 0.29) is 11.6 Å². The van der Waals surface area contributed by atoms with E-state index in [1.165, 1.54) is 6.07 Å². The molecule has 0 saturated carbocycles. The van der Waals surface area contributed by atoms with Crippen LogP contribution in [0.25, 0.3) is 0 Å². The van der Waals surface area contributed by atoms with Crippen molar-refractivity contribution in [2.75, 3.05) is 5.32 Å². The van der Waals surface area contributed by atoms with E-state index in [9.17, 15) is 8.78 Å². The molecule has 0 aliphatic carbocycles. The van der Waals surface area contributed by atoms with Crippen LogP contribution < -0.4 is 5.32 Å². The largest absolute Gasteiger partial charge is 0.377 e. The Balaban J connectivity index is 2.31. The molecular weight excluding hydrogens is 268 g/mol. The average Bonchev–Trinajstić information content (AvgIpc) is 2.37. The van der Waals surface area contributed by atoms with Crippen molar-refractivity contribution in [2.24, 2.45) is 0 Å². The molecule has 1 nitrogen and oxygen atoms in total. The van der Waals surface area contributed by atoms with Gasteiger partial charge in [-0.05, 0) is 43.7 Å². The van der Waals surface area contributed by atoms with Crippen molar-refractivity contribution in [3.05, 3.63) is 64.2 Å². The first kappa shape index (κ1) is 13.8. The highest BCUT2D eigenvalue weighted by Crippen LogP contribution is 2.30. The number of nitrogens with one attached hydrogen (secondary N) is 1. The van der Waals surface area contributed by atoms with Crippen molar-refractivity contribution in [2.45, 2.75) is 19.9 Å². The molecule has 0 radical (unpaired) electrons. The van der Waals surface area contributed by atoms with Crippen LogP contribution in [0.2, 0.25) is 5.02 Å². The Labute approximate surface area is 116 Å². The van der Waals surface area contributed by atoms with Crippen molar-refractivity contribution < 1.29 is 8.78 Å². The number of hydrogen-bond donors (Lipinski definition) is 1. The monoisotopic (exact) mass is 281 g/mol. The zero-order valence-corrected chi connectivity index (χ0v) is 11.4. The summed E-state index contributed by atoms with van der Waals surface area (Å²) in [4.78, 5) is 0. The minimum absolute atomic E-state index is 0.277. The van der Waals surface area contributed by atoms with Gasteiger partial charge in [-0.3, -0.25) is 0 Å². The van der Waals surface area contributed by atoms with E-state index < -0.39 is 11.6 Å². The second kappa shape index (κ2) is 5.57. The number of anilines is 1. The molecule has 4 heteroatoms. The molecule has 0 fully saturated rings. The Hall–Kier alpha value is -1.61. The van der Waals surface area contributed by atoms with Crippen LogP contribution in [0.15, 0.2) is 36.4 Å². The smallest absolute Gasteiger partial charge is 0.128 e. The zero-order valence-electron chi connectivity index (χ0n) is 10.7. The standard InChI is InChI=1S/C15H14ClF2N/c1-9-4-3-5-13(16)15(9)19-10(2)12-8-11(17)6-7-14(12)18/h3-8,10,19H,1-2H3. The molecule has 1 unspecified atom stereocenters. The van der Waals surface area contributed by atoms with Crippen molar-refractivity contribution in [1.29, 1.82) is 0 Å². The van der Waals surface area contributed by atoms with Crippen LogP contribution in [0.3, 0.4) is 0 Å². The summed E-state index contributed by atoms with van der Waals surface area (Å²) in [6.45, 7) is 3.67. The Morgan fingerprint density at radius 3 is 2.58 bits per heavy atom. The molecule has 100 valence electrons. The van der Waals surface area contributed by atoms with Gasteiger partial charge in [0.15, 0.2) is 0 Å². The lowest BCUT2D eigenvalue weighted by Gasteiger charge is -2.19. The predicted molar refractivity (Wildman–Crippen MR) is 74.6 cm³/mol. The molecule has 1 atom stereocenters. The summed E-state index contributed by atoms with van der Waals surface area (Å²) in [6.07, 6.45) is 0. The highest BCUT2D eigenvalue weighted by molar-refractivity contribution is 6.33. The predicted octanol–water partition coefficient (Wildman–Crippen LogP) is 5.10. The lowest BCUT2D eigenvalue weighted by Crippen LogP contribution is -2.10. The summed E-state index contributed by atoms with van der Waals surface area (Å²) in [7, 11) is 0. The maximum absolute atomic E-state index is 13.7. The molecule has 1 N–H and O–H groups in total. The van der Waals surface area contributed by atoms with Crippen LogP contribution in [-0.4, -0.2) is 0 Å². The third-order valence-corrected chi connectivity index (χ3v) is 3.32. The molecule has 0 heterocycles. The molecular formula is C15H14ClF2N. The first-order chi connectivity index (χ1) is 8.99. The van der Waals surface area contributed by atoms with E-state index in [1.54, 1.807) is 13.0 Å². The van der Waals surface area contributed by atoms with Crippen LogP contribution in [0.4, 0.5) is 14.5 Å². The van der Waals surface area contributed by atoms with E-state index >= 15 is 0 Å². The number of rotatable bonds is 3. The van der Waals surface area contributed by atoms with Crippen molar-refractivity contribution in [1.82, 2.24) is 0 Å². The minimum atomic E-state index is -0.457. The second-order valence-electron chi connectivity index (χ2n) is 4.46. The number of para-hydroxylation sites is 1. The van der Waals surface area contributed by atoms with E-state index in [0.717, 1.165) is 23.4 Å². The summed E-state index contributed by atoms with van der Waals surface area (Å²) in [5.41, 5.74) is 1.97. The Bertz CT molecular complexity index is 578. The quantitative estimate of drug-likeness (QED) is 0.825. The lowest BCUT2D eigenvalue weighted by molar-refractivity contribution is 0.577. The molecule has 19 heavy (non-hydrogen) atoms. The fourth-order valence-electron chi connectivity index (χ4n) is 1.96. The summed E-state index contributed by atoms with van der Waals surface area (Å²) >= 11 is 6.10. The zero-order chi connectivity index (χ0) is 14.0. The van der Waals surface area contributed by atoms with Crippen LogP contribution in [0.1, 0.15) is 24.1 Å². The molecule has 0 amide bonds. The summed E-state index contributed by atoms with van der Waals surface area (Å²) < 4.78 is 26.9. The van der Waals surface area contributed by atoms with Gasteiger partial charge >= 0.3 is 0 Å². The Kier molecular flexibility index (Phi) is 4.05. The highest BCUT2D eigenvalue weighted by Gasteiger charge is 2.14. The first-order valence-electron chi connectivity index (χ1n) is 5.95. The minimum Gasteiger partial charge on any atom is -0.377 e. The Morgan fingerprint density at radius 1 is 1.16 bits per heavy atom. The molecule has 2 aromatic rings. The number of halogens is 3. The fraction of sp³-hybridized carbons (Fsp3) is 0.200. The molecule has 0 aliphatic rings. The van der Waals surface area contributed by atoms with Crippen molar-refractivity contribution in [3.8, 4) is 0 Å². The van der Waals surface area contributed by atoms with Gasteiger partial charge < -0.3 is 5.32 Å². The molecule has 0 aliphatic heterocycles. The van der Waals surface area contributed by atoms with Gasteiger partial charge in [0.25, 0.3) is 0 Å². The highest BCUT2D eigenvalue weighted by atomic mass is 35.5. The average molecular weight is 282 g/mol. The van der Waals surface area contributed by atoms with Gasteiger partial charge in [-0.15, -0.1) is 0 Å². The fourth-order valence-corrected chi connectivity index (χ4v) is 2.23. The van der Waals surface area contributed by atoms with Crippen molar-refractivity contribution >= 4 is 17.3 Å². The van der Waals surface area contributed by atoms with E-state index in [4.69, 9.17) is 11.6 Å². The second-order valence-corrected chi connectivity index (χ2v) is 4.87. The van der Waals surface area contributed by atoms with Crippen LogP contribution in [-0.2, 0) is 0 Å². The number of hydrogen-bond acceptors (Lipinski definition) is 1. The molecule has 2 rings (SSSR count). The summed E-state index contributed by atoms with van der Waals surface area (Å²) in [6, 6.07) is 8.55. The van der Waals surface area contributed by atoms with Crippen LogP contribution in [0.5, 0.6) is 0 Å². The molecule has 0 spiro atoms. The van der Waals surface area contributed by atoms with Crippen molar-refractivity contribution in [3.63, 3.8) is 0 Å². The van der Waals surface area contributed by atoms with Gasteiger partial charge in [0.05, 0.1) is 16.8 Å². The van der Waals surface area contributed by atoms with E-state index in [2.05, 4.69) is 5.32 Å². The SMILES string of the molecule is Cc1cccc(Cl)c1NC(C)c1cc(F)ccc1F. The Morgan fingerprint density at radius 2 is 1.89 bits per heavy atom. The van der Waals surface area contributed by atoms with E-state index in [0.29, 0.717) is 5.02 Å². The van der Waals surface area contributed by atoms with Gasteiger partial charge in [0, 0.05) is 5.56 Å². The molecule has 0 saturated heterocycles. The van der Waals surface area contributed by atoms with Gasteiger partial charge in [-0.25, -0.2) is 8.78 Å². The molecule has 0 bridgehead atoms. The lowest BCUT2D eigenvalue weighted by atomic mass is 10.1. The summed E-state index contributed by atoms with van der Waals surface area (Å²) in [5, 5.41) is 3.68. The third kappa shape index (κ3) is 3.04. The maximum atomic E-state index is 13.7. The van der Waals surface area contributed by atoms with Gasteiger partial charge in [0.1, 0.15) is 11.6 Å². The van der Waals surface area contributed by atoms with Gasteiger partial charge in [-0.2, -0.15) is 0 Å². The summed E-state index contributed by atoms with van der Waals surface area (Å²) in [5.74, 6) is -0.896. The van der Waals surface area contributed by atoms with Gasteiger partial charge in [0.2, 0.25) is 0 Å². The van der Waals surface area contributed by atoms with Crippen LogP contribution in [0, 0.1) is 18.6 Å². The first-order valence-corrected chi connectivity index (χ1v) is 6.33. The van der Waals surface area contributed by atoms with Gasteiger partial charge in [-0.1, -0.05) is 23.7 Å². The number of aryl methyl sites for hydroxylation is 1. The third-order valence-electron chi connectivity index (χ3n) is 3.01. The van der Waals surface area contributed by atoms with Crippen LogP contribution >= 0.6 is 11.6 Å².